The van der Waals surface area contributed by atoms with Crippen LogP contribution >= 0.6 is 0 Å². The fourth-order valence-corrected chi connectivity index (χ4v) is 2.17. The third kappa shape index (κ3) is 3.10. The highest BCUT2D eigenvalue weighted by Crippen LogP contribution is 2.35. The van der Waals surface area contributed by atoms with Crippen LogP contribution in [0.25, 0.3) is 0 Å². The third-order valence-electron chi connectivity index (χ3n) is 3.05. The summed E-state index contributed by atoms with van der Waals surface area (Å²) in [6, 6.07) is 3.76. The summed E-state index contributed by atoms with van der Waals surface area (Å²) in [5, 5.41) is 5.29. The van der Waals surface area contributed by atoms with Crippen LogP contribution in [-0.4, -0.2) is 25.8 Å². The van der Waals surface area contributed by atoms with Gasteiger partial charge in [-0.2, -0.15) is 0 Å². The highest BCUT2D eigenvalue weighted by Gasteiger charge is 2.21. The zero-order valence-corrected chi connectivity index (χ0v) is 11.6. The number of nitrogens with one attached hydrogen (secondary N) is 2. The second-order valence-corrected chi connectivity index (χ2v) is 4.57. The molecule has 1 aliphatic heterocycles. The Labute approximate surface area is 113 Å². The molecule has 1 heterocycles. The van der Waals surface area contributed by atoms with Crippen LogP contribution in [0.5, 0.6) is 11.5 Å². The second-order valence-electron chi connectivity index (χ2n) is 4.57. The molecule has 5 heteroatoms. The Kier molecular flexibility index (Phi) is 4.14. The van der Waals surface area contributed by atoms with Gasteiger partial charge in [0.1, 0.15) is 17.6 Å². The number of carbonyl (C=O) groups excluding carboxylic acids is 1. The molecule has 0 radical (unpaired) electrons. The maximum absolute atomic E-state index is 11.2. The summed E-state index contributed by atoms with van der Waals surface area (Å²) in [5.41, 5.74) is 2.10. The van der Waals surface area contributed by atoms with Gasteiger partial charge in [0.15, 0.2) is 0 Å². The molecule has 19 heavy (non-hydrogen) atoms. The van der Waals surface area contributed by atoms with Crippen molar-refractivity contribution in [3.05, 3.63) is 23.3 Å². The van der Waals surface area contributed by atoms with Crippen LogP contribution in [-0.2, 0) is 13.0 Å². The van der Waals surface area contributed by atoms with E-state index in [9.17, 15) is 4.79 Å². The number of ether oxygens (including phenoxy) is 2. The van der Waals surface area contributed by atoms with Gasteiger partial charge in [0.05, 0.1) is 6.61 Å². The molecule has 0 aromatic heterocycles. The summed E-state index contributed by atoms with van der Waals surface area (Å²) in [4.78, 5) is 11.2. The molecule has 2 rings (SSSR count). The number of rotatable bonds is 4. The molecule has 1 aliphatic rings. The Morgan fingerprint density at radius 1 is 1.53 bits per heavy atom. The van der Waals surface area contributed by atoms with Crippen LogP contribution in [0.4, 0.5) is 4.79 Å². The van der Waals surface area contributed by atoms with E-state index in [1.807, 2.05) is 26.0 Å². The van der Waals surface area contributed by atoms with Crippen molar-refractivity contribution in [2.24, 2.45) is 0 Å². The quantitative estimate of drug-likeness (QED) is 0.872. The number of carbonyl (C=O) groups is 1. The van der Waals surface area contributed by atoms with Crippen molar-refractivity contribution in [3.63, 3.8) is 0 Å². The molecule has 1 aromatic carbocycles. The number of urea groups is 1. The van der Waals surface area contributed by atoms with E-state index in [0.717, 1.165) is 23.5 Å². The number of fused-ring (bicyclic) bond motifs is 1. The van der Waals surface area contributed by atoms with Gasteiger partial charge in [-0.15, -0.1) is 0 Å². The molecule has 2 amide bonds. The van der Waals surface area contributed by atoms with E-state index in [-0.39, 0.29) is 12.1 Å². The summed E-state index contributed by atoms with van der Waals surface area (Å²) in [5.74, 6) is 1.71. The van der Waals surface area contributed by atoms with Crippen molar-refractivity contribution in [3.8, 4) is 11.5 Å². The minimum atomic E-state index is -0.211. The van der Waals surface area contributed by atoms with E-state index in [1.165, 1.54) is 5.56 Å². The topological polar surface area (TPSA) is 59.6 Å². The molecule has 0 spiro atoms. The van der Waals surface area contributed by atoms with Crippen LogP contribution in [0.2, 0.25) is 0 Å². The molecule has 2 N–H and O–H groups in total. The minimum absolute atomic E-state index is 0.201. The van der Waals surface area contributed by atoms with E-state index >= 15 is 0 Å². The molecule has 0 bridgehead atoms. The predicted molar refractivity (Wildman–Crippen MR) is 72.7 cm³/mol. The van der Waals surface area contributed by atoms with Crippen molar-refractivity contribution >= 4 is 6.03 Å². The molecule has 104 valence electrons. The second kappa shape index (κ2) is 5.82. The van der Waals surface area contributed by atoms with Crippen LogP contribution in [0.15, 0.2) is 12.1 Å². The maximum Gasteiger partial charge on any atom is 0.314 e. The van der Waals surface area contributed by atoms with Gasteiger partial charge in [0.2, 0.25) is 0 Å². The van der Waals surface area contributed by atoms with Crippen LogP contribution in [0.3, 0.4) is 0 Å². The molecular weight excluding hydrogens is 244 g/mol. The van der Waals surface area contributed by atoms with Gasteiger partial charge < -0.3 is 20.1 Å². The molecule has 0 saturated carbocycles. The Hall–Kier alpha value is -1.91. The zero-order valence-electron chi connectivity index (χ0n) is 11.6. The fourth-order valence-electron chi connectivity index (χ4n) is 2.17. The lowest BCUT2D eigenvalue weighted by molar-refractivity contribution is 0.242. The van der Waals surface area contributed by atoms with E-state index in [2.05, 4.69) is 10.6 Å². The Balaban J connectivity index is 2.20. The van der Waals surface area contributed by atoms with E-state index in [4.69, 9.17) is 9.47 Å². The summed E-state index contributed by atoms with van der Waals surface area (Å²) in [6.45, 7) is 5.01. The molecule has 0 aliphatic carbocycles. The number of amides is 2. The van der Waals surface area contributed by atoms with Gasteiger partial charge in [0, 0.05) is 31.1 Å². The highest BCUT2D eigenvalue weighted by molar-refractivity contribution is 5.73. The van der Waals surface area contributed by atoms with Crippen molar-refractivity contribution < 1.29 is 14.3 Å². The first kappa shape index (κ1) is 13.5. The number of hydrogen-bond donors (Lipinski definition) is 2. The van der Waals surface area contributed by atoms with Gasteiger partial charge in [0.25, 0.3) is 0 Å². The SMILES string of the molecule is CCOc1cc2c(cc1CNC(=O)NC)O[C@H](C)C2. The Morgan fingerprint density at radius 2 is 2.32 bits per heavy atom. The lowest BCUT2D eigenvalue weighted by Gasteiger charge is -2.13. The van der Waals surface area contributed by atoms with E-state index in [1.54, 1.807) is 7.05 Å². The molecule has 0 saturated heterocycles. The van der Waals surface area contributed by atoms with Gasteiger partial charge in [-0.3, -0.25) is 0 Å². The standard InChI is InChI=1S/C14H20N2O3/c1-4-18-12-6-10-5-9(2)19-13(10)7-11(12)8-16-14(17)15-3/h6-7,9H,4-5,8H2,1-3H3,(H2,15,16,17)/t9-/m1/s1. The van der Waals surface area contributed by atoms with Gasteiger partial charge in [-0.25, -0.2) is 4.79 Å². The third-order valence-corrected chi connectivity index (χ3v) is 3.05. The predicted octanol–water partition coefficient (Wildman–Crippen LogP) is 1.84. The molecule has 1 atom stereocenters. The van der Waals surface area contributed by atoms with Crippen LogP contribution < -0.4 is 20.1 Å². The Bertz CT molecular complexity index is 474. The first-order chi connectivity index (χ1) is 9.13. The average Bonchev–Trinajstić information content (AvgIpc) is 2.75. The van der Waals surface area contributed by atoms with Gasteiger partial charge in [-0.05, 0) is 26.0 Å². The summed E-state index contributed by atoms with van der Waals surface area (Å²) in [7, 11) is 1.59. The Morgan fingerprint density at radius 3 is 3.00 bits per heavy atom. The lowest BCUT2D eigenvalue weighted by Crippen LogP contribution is -2.32. The maximum atomic E-state index is 11.2. The van der Waals surface area contributed by atoms with Crippen molar-refractivity contribution in [1.82, 2.24) is 10.6 Å². The summed E-state index contributed by atoms with van der Waals surface area (Å²) in [6.07, 6.45) is 1.10. The van der Waals surface area contributed by atoms with Crippen molar-refractivity contribution in [1.29, 1.82) is 0 Å². The molecule has 0 fully saturated rings. The van der Waals surface area contributed by atoms with Gasteiger partial charge >= 0.3 is 6.03 Å². The van der Waals surface area contributed by atoms with Crippen LogP contribution in [0.1, 0.15) is 25.0 Å². The molecule has 0 unspecified atom stereocenters. The van der Waals surface area contributed by atoms with E-state index < -0.39 is 0 Å². The van der Waals surface area contributed by atoms with Crippen molar-refractivity contribution in [2.75, 3.05) is 13.7 Å². The van der Waals surface area contributed by atoms with Gasteiger partial charge in [-0.1, -0.05) is 0 Å². The normalized spacial score (nSPS) is 16.5. The summed E-state index contributed by atoms with van der Waals surface area (Å²) < 4.78 is 11.4. The number of hydrogen-bond acceptors (Lipinski definition) is 3. The first-order valence-corrected chi connectivity index (χ1v) is 6.54. The molecule has 5 nitrogen and oxygen atoms in total. The van der Waals surface area contributed by atoms with Crippen LogP contribution in [0, 0.1) is 0 Å². The van der Waals surface area contributed by atoms with E-state index in [0.29, 0.717) is 13.2 Å². The zero-order chi connectivity index (χ0) is 13.8. The average molecular weight is 264 g/mol. The summed E-state index contributed by atoms with van der Waals surface area (Å²) >= 11 is 0. The smallest absolute Gasteiger partial charge is 0.314 e. The highest BCUT2D eigenvalue weighted by atomic mass is 16.5. The lowest BCUT2D eigenvalue weighted by atomic mass is 10.1. The first-order valence-electron chi connectivity index (χ1n) is 6.54. The van der Waals surface area contributed by atoms with Crippen molar-refractivity contribution in [2.45, 2.75) is 32.9 Å². The monoisotopic (exact) mass is 264 g/mol. The largest absolute Gasteiger partial charge is 0.494 e. The fraction of sp³-hybridized carbons (Fsp3) is 0.500. The number of benzene rings is 1. The molecular formula is C14H20N2O3. The minimum Gasteiger partial charge on any atom is -0.494 e. The molecule has 1 aromatic rings.